The molecule has 0 fully saturated rings. The zero-order valence-corrected chi connectivity index (χ0v) is 18.3. The number of ketones is 1. The zero-order valence-electron chi connectivity index (χ0n) is 18.3. The minimum absolute atomic E-state index is 0.100. The number of nitrogens with one attached hydrogen (secondary N) is 1. The molecular weight excluding hydrogens is 426 g/mol. The lowest BCUT2D eigenvalue weighted by Gasteiger charge is -2.15. The number of carboxylic acids is 1. The van der Waals surface area contributed by atoms with E-state index in [4.69, 9.17) is 0 Å². The predicted molar refractivity (Wildman–Crippen MR) is 131 cm³/mol. The van der Waals surface area contributed by atoms with Crippen molar-refractivity contribution < 1.29 is 19.5 Å². The minimum atomic E-state index is -1.13. The maximum absolute atomic E-state index is 12.7. The Morgan fingerprint density at radius 1 is 0.618 bits per heavy atom. The highest BCUT2D eigenvalue weighted by atomic mass is 16.4. The number of amides is 1. The molecule has 0 saturated heterocycles. The van der Waals surface area contributed by atoms with Crippen LogP contribution in [0, 0.1) is 0 Å². The van der Waals surface area contributed by atoms with Crippen LogP contribution >= 0.6 is 0 Å². The van der Waals surface area contributed by atoms with E-state index in [-0.39, 0.29) is 12.2 Å². The molecule has 0 aromatic heterocycles. The van der Waals surface area contributed by atoms with Crippen LogP contribution in [0.15, 0.2) is 109 Å². The van der Waals surface area contributed by atoms with Crippen molar-refractivity contribution in [3.05, 3.63) is 131 Å². The third-order valence-corrected chi connectivity index (χ3v) is 5.55. The second kappa shape index (κ2) is 10.4. The maximum Gasteiger partial charge on any atom is 0.326 e. The smallest absolute Gasteiger partial charge is 0.326 e. The third kappa shape index (κ3) is 5.45. The van der Waals surface area contributed by atoms with Crippen LogP contribution in [0.3, 0.4) is 0 Å². The largest absolute Gasteiger partial charge is 0.480 e. The van der Waals surface area contributed by atoms with Crippen LogP contribution in [0.4, 0.5) is 0 Å². The fourth-order valence-electron chi connectivity index (χ4n) is 3.67. The van der Waals surface area contributed by atoms with Crippen LogP contribution in [0.1, 0.15) is 31.8 Å². The first-order chi connectivity index (χ1) is 16.5. The Kier molecular flexibility index (Phi) is 6.94. The number of hydrogen-bond donors (Lipinski definition) is 2. The Hall–Kier alpha value is -4.51. The first-order valence-corrected chi connectivity index (χ1v) is 10.9. The molecule has 5 nitrogen and oxygen atoms in total. The molecule has 4 rings (SSSR count). The summed E-state index contributed by atoms with van der Waals surface area (Å²) >= 11 is 0. The van der Waals surface area contributed by atoms with Crippen molar-refractivity contribution in [3.8, 4) is 11.1 Å². The first-order valence-electron chi connectivity index (χ1n) is 10.9. The Labute approximate surface area is 197 Å². The first kappa shape index (κ1) is 22.7. The second-order valence-corrected chi connectivity index (χ2v) is 7.90. The summed E-state index contributed by atoms with van der Waals surface area (Å²) in [5.41, 5.74) is 4.20. The highest BCUT2D eigenvalue weighted by Gasteiger charge is 2.21. The number of aliphatic carboxylic acids is 1. The molecular formula is C29H23NO4. The predicted octanol–water partition coefficient (Wildman–Crippen LogP) is 5.01. The van der Waals surface area contributed by atoms with Gasteiger partial charge < -0.3 is 10.4 Å². The number of carbonyl (C=O) groups excluding carboxylic acids is 2. The number of rotatable bonds is 8. The minimum Gasteiger partial charge on any atom is -0.480 e. The van der Waals surface area contributed by atoms with Gasteiger partial charge >= 0.3 is 5.97 Å². The van der Waals surface area contributed by atoms with Crippen LogP contribution in [0.5, 0.6) is 0 Å². The summed E-state index contributed by atoms with van der Waals surface area (Å²) in [5, 5.41) is 12.2. The van der Waals surface area contributed by atoms with E-state index in [2.05, 4.69) is 5.32 Å². The lowest BCUT2D eigenvalue weighted by atomic mass is 9.99. The Bertz CT molecular complexity index is 1280. The average molecular weight is 450 g/mol. The third-order valence-electron chi connectivity index (χ3n) is 5.55. The topological polar surface area (TPSA) is 83.5 Å². The van der Waals surface area contributed by atoms with Crippen molar-refractivity contribution in [3.63, 3.8) is 0 Å². The molecule has 5 heteroatoms. The van der Waals surface area contributed by atoms with Crippen molar-refractivity contribution in [1.82, 2.24) is 5.32 Å². The molecule has 168 valence electrons. The Morgan fingerprint density at radius 2 is 1.12 bits per heavy atom. The van der Waals surface area contributed by atoms with Crippen LogP contribution < -0.4 is 5.32 Å². The van der Waals surface area contributed by atoms with Crippen LogP contribution in [-0.4, -0.2) is 28.8 Å². The molecule has 34 heavy (non-hydrogen) atoms. The van der Waals surface area contributed by atoms with E-state index in [0.717, 1.165) is 11.1 Å². The van der Waals surface area contributed by atoms with Crippen LogP contribution in [0.2, 0.25) is 0 Å². The van der Waals surface area contributed by atoms with E-state index in [9.17, 15) is 19.5 Å². The van der Waals surface area contributed by atoms with Crippen molar-refractivity contribution >= 4 is 17.7 Å². The second-order valence-electron chi connectivity index (χ2n) is 7.90. The SMILES string of the molecule is O=C(N[C@H](Cc1ccc(C(=O)c2ccccc2)cc1)C(=O)O)c1ccc(-c2ccccc2)cc1. The summed E-state index contributed by atoms with van der Waals surface area (Å²) in [7, 11) is 0. The molecule has 0 bridgehead atoms. The van der Waals surface area contributed by atoms with Gasteiger partial charge in [0.1, 0.15) is 6.04 Å². The van der Waals surface area contributed by atoms with Gasteiger partial charge in [0, 0.05) is 23.1 Å². The van der Waals surface area contributed by atoms with E-state index in [1.165, 1.54) is 0 Å². The van der Waals surface area contributed by atoms with Gasteiger partial charge in [-0.25, -0.2) is 4.79 Å². The lowest BCUT2D eigenvalue weighted by molar-refractivity contribution is -0.139. The normalized spacial score (nSPS) is 11.4. The molecule has 0 spiro atoms. The van der Waals surface area contributed by atoms with Gasteiger partial charge in [-0.05, 0) is 28.8 Å². The number of carbonyl (C=O) groups is 3. The summed E-state index contributed by atoms with van der Waals surface area (Å²) in [5.74, 6) is -1.68. The van der Waals surface area contributed by atoms with Gasteiger partial charge in [-0.15, -0.1) is 0 Å². The fourth-order valence-corrected chi connectivity index (χ4v) is 3.67. The zero-order chi connectivity index (χ0) is 23.9. The van der Waals surface area contributed by atoms with Gasteiger partial charge in [0.05, 0.1) is 0 Å². The van der Waals surface area contributed by atoms with E-state index in [1.807, 2.05) is 48.5 Å². The van der Waals surface area contributed by atoms with Gasteiger partial charge in [0.25, 0.3) is 5.91 Å². The van der Waals surface area contributed by atoms with E-state index in [0.29, 0.717) is 22.3 Å². The van der Waals surface area contributed by atoms with Crippen molar-refractivity contribution in [2.75, 3.05) is 0 Å². The number of carboxylic acid groups (broad SMARTS) is 1. The van der Waals surface area contributed by atoms with Gasteiger partial charge in [-0.2, -0.15) is 0 Å². The van der Waals surface area contributed by atoms with Gasteiger partial charge in [-0.3, -0.25) is 9.59 Å². The number of hydrogen-bond acceptors (Lipinski definition) is 3. The van der Waals surface area contributed by atoms with E-state index < -0.39 is 17.9 Å². The summed E-state index contributed by atoms with van der Waals surface area (Å²) in [6.45, 7) is 0. The average Bonchev–Trinajstić information content (AvgIpc) is 2.89. The van der Waals surface area contributed by atoms with Crippen molar-refractivity contribution in [1.29, 1.82) is 0 Å². The standard InChI is InChI=1S/C29H23NO4/c31-27(23-9-5-2-6-10-23)24-13-11-20(12-14-24)19-26(29(33)34)30-28(32)25-17-15-22(16-18-25)21-7-3-1-4-8-21/h1-18,26H,19H2,(H,30,32)(H,33,34)/t26-/m1/s1. The molecule has 4 aromatic carbocycles. The monoisotopic (exact) mass is 449 g/mol. The molecule has 0 aliphatic rings. The quantitative estimate of drug-likeness (QED) is 0.371. The van der Waals surface area contributed by atoms with Gasteiger partial charge in [-0.1, -0.05) is 97.1 Å². The van der Waals surface area contributed by atoms with E-state index >= 15 is 0 Å². The summed E-state index contributed by atoms with van der Waals surface area (Å²) < 4.78 is 0. The lowest BCUT2D eigenvalue weighted by Crippen LogP contribution is -2.42. The van der Waals surface area contributed by atoms with E-state index in [1.54, 1.807) is 60.7 Å². The molecule has 0 unspecified atom stereocenters. The molecule has 1 amide bonds. The molecule has 0 saturated carbocycles. The molecule has 4 aromatic rings. The molecule has 0 aliphatic heterocycles. The highest BCUT2D eigenvalue weighted by molar-refractivity contribution is 6.09. The van der Waals surface area contributed by atoms with Crippen LogP contribution in [-0.2, 0) is 11.2 Å². The molecule has 1 atom stereocenters. The molecule has 2 N–H and O–H groups in total. The maximum atomic E-state index is 12.7. The van der Waals surface area contributed by atoms with Gasteiger partial charge in [0.2, 0.25) is 0 Å². The van der Waals surface area contributed by atoms with Crippen molar-refractivity contribution in [2.45, 2.75) is 12.5 Å². The molecule has 0 heterocycles. The fraction of sp³-hybridized carbons (Fsp3) is 0.0690. The highest BCUT2D eigenvalue weighted by Crippen LogP contribution is 2.19. The Morgan fingerprint density at radius 3 is 1.71 bits per heavy atom. The van der Waals surface area contributed by atoms with Gasteiger partial charge in [0.15, 0.2) is 5.78 Å². The molecule has 0 aliphatic carbocycles. The summed E-state index contributed by atoms with van der Waals surface area (Å²) in [4.78, 5) is 37.0. The molecule has 0 radical (unpaired) electrons. The van der Waals surface area contributed by atoms with Crippen molar-refractivity contribution in [2.24, 2.45) is 0 Å². The Balaban J connectivity index is 1.42. The summed E-state index contributed by atoms with van der Waals surface area (Å²) in [6, 6.07) is 31.4. The summed E-state index contributed by atoms with van der Waals surface area (Å²) in [6.07, 6.45) is 0.100. The number of benzene rings is 4. The van der Waals surface area contributed by atoms with Crippen LogP contribution in [0.25, 0.3) is 11.1 Å².